The van der Waals surface area contributed by atoms with Crippen LogP contribution in [-0.2, 0) is 6.42 Å². The number of allylic oxidation sites excluding steroid dienone is 2. The number of aromatic nitrogens is 2. The second-order valence-electron chi connectivity index (χ2n) is 8.45. The second-order valence-corrected chi connectivity index (χ2v) is 11.4. The van der Waals surface area contributed by atoms with Crippen molar-refractivity contribution in [1.82, 2.24) is 14.1 Å². The Morgan fingerprint density at radius 2 is 1.90 bits per heavy atom. The minimum Gasteiger partial charge on any atom is -0.260 e. The lowest BCUT2D eigenvalue weighted by Crippen LogP contribution is -2.16. The zero-order chi connectivity index (χ0) is 21.6. The molecule has 0 spiro atoms. The predicted molar refractivity (Wildman–Crippen MR) is 132 cm³/mol. The molecule has 0 bridgehead atoms. The van der Waals surface area contributed by atoms with E-state index >= 15 is 0 Å². The quantitative estimate of drug-likeness (QED) is 0.357. The maximum Gasteiger partial charge on any atom is 0.0953 e. The van der Waals surface area contributed by atoms with Crippen LogP contribution in [0.25, 0.3) is 0 Å². The van der Waals surface area contributed by atoms with E-state index in [0.29, 0.717) is 23.7 Å². The smallest absolute Gasteiger partial charge is 0.0953 e. The molecule has 0 radical (unpaired) electrons. The zero-order valence-corrected chi connectivity index (χ0v) is 21.7. The molecule has 2 aromatic rings. The Morgan fingerprint density at radius 1 is 1.17 bits per heavy atom. The fourth-order valence-corrected chi connectivity index (χ4v) is 6.33. The average Bonchev–Trinajstić information content (AvgIpc) is 3.30. The average molecular weight is 452 g/mol. The molecule has 1 N–H and O–H groups in total. The van der Waals surface area contributed by atoms with Gasteiger partial charge in [-0.15, -0.1) is 11.3 Å². The highest BCUT2D eigenvalue weighted by Crippen LogP contribution is 2.33. The second kappa shape index (κ2) is 11.6. The van der Waals surface area contributed by atoms with E-state index in [9.17, 15) is 0 Å². The molecule has 2 aromatic heterocycles. The molecule has 0 saturated heterocycles. The maximum absolute atomic E-state index is 4.87. The largest absolute Gasteiger partial charge is 0.260 e. The number of hydrogen-bond acceptors (Lipinski definition) is 6. The number of nitrogens with zero attached hydrogens (tertiary/aromatic N) is 2. The van der Waals surface area contributed by atoms with Crippen molar-refractivity contribution in [2.24, 2.45) is 11.8 Å². The van der Waals surface area contributed by atoms with Crippen LogP contribution >= 0.6 is 34.8 Å². The fraction of sp³-hybridized carbons (Fsp3) is 0.652. The normalized spacial score (nSPS) is 16.0. The molecule has 6 heteroatoms. The van der Waals surface area contributed by atoms with Crippen molar-refractivity contribution in [3.05, 3.63) is 43.2 Å². The first-order valence-electron chi connectivity index (χ1n) is 10.7. The molecule has 29 heavy (non-hydrogen) atoms. The van der Waals surface area contributed by atoms with E-state index in [4.69, 9.17) is 4.98 Å². The van der Waals surface area contributed by atoms with E-state index < -0.39 is 0 Å². The van der Waals surface area contributed by atoms with Crippen LogP contribution in [-0.4, -0.2) is 15.9 Å². The molecule has 0 fully saturated rings. The van der Waals surface area contributed by atoms with Gasteiger partial charge in [0.25, 0.3) is 0 Å². The number of aryl methyl sites for hydroxylation is 1. The third kappa shape index (κ3) is 6.91. The Balaban J connectivity index is 2.03. The molecular formula is C23H37N3S3. The van der Waals surface area contributed by atoms with Gasteiger partial charge in [0.05, 0.1) is 10.7 Å². The molecule has 0 amide bonds. The fourth-order valence-electron chi connectivity index (χ4n) is 3.73. The minimum absolute atomic E-state index is 0.475. The summed E-state index contributed by atoms with van der Waals surface area (Å²) in [7, 11) is 0. The van der Waals surface area contributed by atoms with Gasteiger partial charge in [-0.05, 0) is 78.4 Å². The highest BCUT2D eigenvalue weighted by Gasteiger charge is 2.20. The molecule has 3 atom stereocenters. The lowest BCUT2D eigenvalue weighted by molar-refractivity contribution is 0.532. The molecule has 0 aliphatic heterocycles. The minimum atomic E-state index is 0.475. The van der Waals surface area contributed by atoms with Gasteiger partial charge in [-0.25, -0.2) is 9.36 Å². The molecule has 2 heterocycles. The van der Waals surface area contributed by atoms with Crippen molar-refractivity contribution in [2.75, 3.05) is 6.54 Å². The highest BCUT2D eigenvalue weighted by atomic mass is 32.2. The van der Waals surface area contributed by atoms with Gasteiger partial charge in [-0.2, -0.15) is 0 Å². The van der Waals surface area contributed by atoms with E-state index in [1.165, 1.54) is 32.5 Å². The molecule has 3 unspecified atom stereocenters. The van der Waals surface area contributed by atoms with Crippen LogP contribution in [0.4, 0.5) is 0 Å². The first kappa shape index (κ1) is 24.6. The van der Waals surface area contributed by atoms with Gasteiger partial charge in [0.15, 0.2) is 0 Å². The molecule has 0 aliphatic carbocycles. The van der Waals surface area contributed by atoms with Crippen LogP contribution < -0.4 is 4.72 Å². The lowest BCUT2D eigenvalue weighted by atomic mass is 9.85. The summed E-state index contributed by atoms with van der Waals surface area (Å²) >= 11 is 5.20. The van der Waals surface area contributed by atoms with E-state index in [-0.39, 0.29) is 0 Å². The molecule has 162 valence electrons. The van der Waals surface area contributed by atoms with Gasteiger partial charge < -0.3 is 0 Å². The Labute approximate surface area is 190 Å². The summed E-state index contributed by atoms with van der Waals surface area (Å²) in [5.41, 5.74) is 4.18. The van der Waals surface area contributed by atoms with Gasteiger partial charge >= 0.3 is 0 Å². The van der Waals surface area contributed by atoms with Crippen molar-refractivity contribution in [3.63, 3.8) is 0 Å². The van der Waals surface area contributed by atoms with Crippen LogP contribution in [0.1, 0.15) is 87.9 Å². The summed E-state index contributed by atoms with van der Waals surface area (Å²) in [6.45, 7) is 19.1. The summed E-state index contributed by atoms with van der Waals surface area (Å²) in [5.74, 6) is 2.08. The van der Waals surface area contributed by atoms with E-state index in [1.807, 2.05) is 6.20 Å². The summed E-state index contributed by atoms with van der Waals surface area (Å²) < 4.78 is 7.94. The molecule has 3 nitrogen and oxygen atoms in total. The van der Waals surface area contributed by atoms with Crippen molar-refractivity contribution in [1.29, 1.82) is 0 Å². The maximum atomic E-state index is 4.87. The topological polar surface area (TPSA) is 37.8 Å². The first-order valence-corrected chi connectivity index (χ1v) is 13.2. The van der Waals surface area contributed by atoms with Crippen molar-refractivity contribution < 1.29 is 0 Å². The van der Waals surface area contributed by atoms with Gasteiger partial charge in [-0.3, -0.25) is 4.72 Å². The Bertz CT molecular complexity index is 791. The van der Waals surface area contributed by atoms with Crippen LogP contribution in [0, 0.1) is 18.8 Å². The third-order valence-electron chi connectivity index (χ3n) is 5.59. The van der Waals surface area contributed by atoms with Crippen molar-refractivity contribution in [3.8, 4) is 0 Å². The number of nitrogens with one attached hydrogen (secondary N) is 1. The molecular weight excluding hydrogens is 414 g/mol. The van der Waals surface area contributed by atoms with E-state index in [1.54, 1.807) is 40.4 Å². The summed E-state index contributed by atoms with van der Waals surface area (Å²) in [5, 5.41) is 3.50. The van der Waals surface area contributed by atoms with Gasteiger partial charge in [-0.1, -0.05) is 47.1 Å². The van der Waals surface area contributed by atoms with Crippen molar-refractivity contribution in [2.45, 2.75) is 80.1 Å². The van der Waals surface area contributed by atoms with Gasteiger partial charge in [0.1, 0.15) is 0 Å². The lowest BCUT2D eigenvalue weighted by Gasteiger charge is -2.24. The Morgan fingerprint density at radius 3 is 2.45 bits per heavy atom. The monoisotopic (exact) mass is 451 g/mol. The SMILES string of the molecule is CCC(C)/C(=C(/C)SNCC(C)c1cnsc1C)C(C)Cc1csc(C(C)C)n1. The zero-order valence-electron chi connectivity index (χ0n) is 19.2. The van der Waals surface area contributed by atoms with Crippen LogP contribution in [0.15, 0.2) is 22.1 Å². The molecule has 0 aromatic carbocycles. The summed E-state index contributed by atoms with van der Waals surface area (Å²) in [4.78, 5) is 7.61. The first-order chi connectivity index (χ1) is 13.7. The van der Waals surface area contributed by atoms with Crippen LogP contribution in [0.5, 0.6) is 0 Å². The van der Waals surface area contributed by atoms with E-state index in [0.717, 1.165) is 13.0 Å². The molecule has 0 aliphatic rings. The number of hydrogen-bond donors (Lipinski definition) is 1. The standard InChI is InChI=1S/C23H37N3S3/c1-9-15(4)22(16(5)10-20-13-27-23(26-20)14(2)3)19(8)29-24-11-17(6)21-12-25-28-18(21)7/h12-17,24H,9-11H2,1-8H3/b22-19+. The number of thiazole rings is 1. The van der Waals surface area contributed by atoms with Gasteiger partial charge in [0.2, 0.25) is 0 Å². The van der Waals surface area contributed by atoms with E-state index in [2.05, 4.69) is 69.9 Å². The summed E-state index contributed by atoms with van der Waals surface area (Å²) in [6.07, 6.45) is 4.21. The highest BCUT2D eigenvalue weighted by molar-refractivity contribution is 8.01. The predicted octanol–water partition coefficient (Wildman–Crippen LogP) is 7.57. The third-order valence-corrected chi connectivity index (χ3v) is 8.36. The molecule has 0 saturated carbocycles. The van der Waals surface area contributed by atoms with Crippen LogP contribution in [0.3, 0.4) is 0 Å². The Kier molecular flexibility index (Phi) is 9.86. The van der Waals surface area contributed by atoms with Crippen molar-refractivity contribution >= 4 is 34.8 Å². The van der Waals surface area contributed by atoms with Gasteiger partial charge in [0, 0.05) is 28.9 Å². The van der Waals surface area contributed by atoms with Crippen LogP contribution in [0.2, 0.25) is 0 Å². The summed E-state index contributed by atoms with van der Waals surface area (Å²) in [6, 6.07) is 0. The number of rotatable bonds is 11. The molecule has 2 rings (SSSR count). The Hall–Kier alpha value is -0.690.